The van der Waals surface area contributed by atoms with Gasteiger partial charge in [0, 0.05) is 32.8 Å². The summed E-state index contributed by atoms with van der Waals surface area (Å²) in [6.07, 6.45) is 2.96. The average molecular weight is 299 g/mol. The van der Waals surface area contributed by atoms with Crippen molar-refractivity contribution in [3.05, 3.63) is 0 Å². The third-order valence-electron chi connectivity index (χ3n) is 4.11. The van der Waals surface area contributed by atoms with Crippen molar-refractivity contribution in [2.24, 2.45) is 0 Å². The lowest BCUT2D eigenvalue weighted by Gasteiger charge is -2.26. The van der Waals surface area contributed by atoms with E-state index in [4.69, 9.17) is 9.84 Å². The Kier molecular flexibility index (Phi) is 5.81. The molecule has 0 aromatic heterocycles. The van der Waals surface area contributed by atoms with Crippen LogP contribution in [0.5, 0.6) is 0 Å². The van der Waals surface area contributed by atoms with E-state index >= 15 is 0 Å². The Hall–Kier alpha value is -1.34. The molecule has 0 aliphatic carbocycles. The summed E-state index contributed by atoms with van der Waals surface area (Å²) < 4.78 is 5.58. The van der Waals surface area contributed by atoms with Gasteiger partial charge in [-0.15, -0.1) is 0 Å². The van der Waals surface area contributed by atoms with Crippen LogP contribution in [0.25, 0.3) is 0 Å². The van der Waals surface area contributed by atoms with E-state index < -0.39 is 5.97 Å². The molecule has 2 aliphatic rings. The van der Waals surface area contributed by atoms with Crippen LogP contribution in [-0.4, -0.2) is 78.4 Å². The van der Waals surface area contributed by atoms with Crippen molar-refractivity contribution in [2.45, 2.75) is 38.3 Å². The highest BCUT2D eigenvalue weighted by atomic mass is 16.5. The zero-order chi connectivity index (χ0) is 15.2. The average Bonchev–Trinajstić information content (AvgIpc) is 2.86. The Morgan fingerprint density at radius 3 is 2.76 bits per heavy atom. The second-order valence-electron chi connectivity index (χ2n) is 5.80. The number of ether oxygens (including phenoxy) is 1. The number of rotatable bonds is 4. The number of aliphatic carboxylic acids is 1. The van der Waals surface area contributed by atoms with E-state index in [9.17, 15) is 9.59 Å². The van der Waals surface area contributed by atoms with Gasteiger partial charge in [0.1, 0.15) is 0 Å². The molecule has 2 saturated heterocycles. The summed E-state index contributed by atoms with van der Waals surface area (Å²) in [5, 5.41) is 11.8. The number of hydrogen-bond acceptors (Lipinski definition) is 4. The molecule has 0 aromatic rings. The highest BCUT2D eigenvalue weighted by Crippen LogP contribution is 2.15. The molecule has 21 heavy (non-hydrogen) atoms. The lowest BCUT2D eigenvalue weighted by atomic mass is 10.1. The van der Waals surface area contributed by atoms with E-state index in [-0.39, 0.29) is 24.7 Å². The van der Waals surface area contributed by atoms with Crippen LogP contribution in [0.15, 0.2) is 0 Å². The molecule has 2 rings (SSSR count). The molecule has 2 N–H and O–H groups in total. The molecule has 2 fully saturated rings. The van der Waals surface area contributed by atoms with E-state index in [1.54, 1.807) is 4.90 Å². The van der Waals surface area contributed by atoms with Gasteiger partial charge in [0.15, 0.2) is 0 Å². The first kappa shape index (κ1) is 16.0. The van der Waals surface area contributed by atoms with Gasteiger partial charge in [0.05, 0.1) is 18.7 Å². The van der Waals surface area contributed by atoms with Gasteiger partial charge in [-0.25, -0.2) is 4.79 Å². The fraction of sp³-hybridized carbons (Fsp3) is 0.857. The van der Waals surface area contributed by atoms with E-state index in [1.165, 1.54) is 0 Å². The fourth-order valence-electron chi connectivity index (χ4n) is 2.90. The Bertz CT molecular complexity index is 371. The predicted molar refractivity (Wildman–Crippen MR) is 77.2 cm³/mol. The van der Waals surface area contributed by atoms with E-state index in [0.717, 1.165) is 32.4 Å². The SMILES string of the molecule is CC(NC(=O)N1CCCN(CC(=O)O)CC1)C1CCCO1. The molecule has 7 heteroatoms. The van der Waals surface area contributed by atoms with Gasteiger partial charge in [0.25, 0.3) is 0 Å². The molecule has 0 radical (unpaired) electrons. The maximum absolute atomic E-state index is 12.3. The fourth-order valence-corrected chi connectivity index (χ4v) is 2.90. The molecule has 2 amide bonds. The van der Waals surface area contributed by atoms with Gasteiger partial charge in [-0.2, -0.15) is 0 Å². The highest BCUT2D eigenvalue weighted by molar-refractivity contribution is 5.74. The molecule has 2 aliphatic heterocycles. The lowest BCUT2D eigenvalue weighted by Crippen LogP contribution is -2.48. The maximum Gasteiger partial charge on any atom is 0.317 e. The maximum atomic E-state index is 12.3. The number of carboxylic acids is 1. The minimum Gasteiger partial charge on any atom is -0.480 e. The van der Waals surface area contributed by atoms with Crippen LogP contribution in [0.1, 0.15) is 26.2 Å². The number of nitrogens with one attached hydrogen (secondary N) is 1. The number of nitrogens with zero attached hydrogens (tertiary/aromatic N) is 2. The first-order valence-corrected chi connectivity index (χ1v) is 7.67. The summed E-state index contributed by atoms with van der Waals surface area (Å²) in [7, 11) is 0. The summed E-state index contributed by atoms with van der Waals surface area (Å²) in [6, 6.07) is -0.0615. The van der Waals surface area contributed by atoms with Crippen molar-refractivity contribution in [3.8, 4) is 0 Å². The second-order valence-corrected chi connectivity index (χ2v) is 5.80. The summed E-state index contributed by atoms with van der Waals surface area (Å²) in [5.41, 5.74) is 0. The molecular formula is C14H25N3O4. The topological polar surface area (TPSA) is 82.1 Å². The zero-order valence-corrected chi connectivity index (χ0v) is 12.6. The van der Waals surface area contributed by atoms with Crippen molar-refractivity contribution in [1.29, 1.82) is 0 Å². The quantitative estimate of drug-likeness (QED) is 0.783. The summed E-state index contributed by atoms with van der Waals surface area (Å²) in [6.45, 7) is 5.35. The molecule has 2 unspecified atom stereocenters. The smallest absolute Gasteiger partial charge is 0.317 e. The second kappa shape index (κ2) is 7.61. The lowest BCUT2D eigenvalue weighted by molar-refractivity contribution is -0.138. The number of carboxylic acid groups (broad SMARTS) is 1. The third kappa shape index (κ3) is 4.86. The van der Waals surface area contributed by atoms with Crippen LogP contribution in [0.2, 0.25) is 0 Å². The number of amides is 2. The number of carbonyl (C=O) groups is 2. The zero-order valence-electron chi connectivity index (χ0n) is 12.6. The Balaban J connectivity index is 1.78. The number of hydrogen-bond donors (Lipinski definition) is 2. The highest BCUT2D eigenvalue weighted by Gasteiger charge is 2.26. The molecule has 0 spiro atoms. The van der Waals surface area contributed by atoms with Crippen LogP contribution in [-0.2, 0) is 9.53 Å². The van der Waals surface area contributed by atoms with Crippen molar-refractivity contribution >= 4 is 12.0 Å². The van der Waals surface area contributed by atoms with Gasteiger partial charge >= 0.3 is 12.0 Å². The molecule has 0 aromatic carbocycles. The molecule has 0 bridgehead atoms. The first-order chi connectivity index (χ1) is 10.1. The largest absolute Gasteiger partial charge is 0.480 e. The molecule has 2 atom stereocenters. The van der Waals surface area contributed by atoms with Gasteiger partial charge in [0.2, 0.25) is 0 Å². The molecule has 2 heterocycles. The van der Waals surface area contributed by atoms with Crippen molar-refractivity contribution in [1.82, 2.24) is 15.1 Å². The van der Waals surface area contributed by atoms with Crippen molar-refractivity contribution < 1.29 is 19.4 Å². The Morgan fingerprint density at radius 1 is 1.29 bits per heavy atom. The normalized spacial score (nSPS) is 25.4. The third-order valence-corrected chi connectivity index (χ3v) is 4.11. The predicted octanol–water partition coefficient (Wildman–Crippen LogP) is 0.356. The van der Waals surface area contributed by atoms with Crippen LogP contribution < -0.4 is 5.32 Å². The minimum absolute atomic E-state index is 0.0124. The molecule has 7 nitrogen and oxygen atoms in total. The van der Waals surface area contributed by atoms with Gasteiger partial charge in [-0.05, 0) is 26.2 Å². The number of carbonyl (C=O) groups excluding carboxylic acids is 1. The van der Waals surface area contributed by atoms with Crippen molar-refractivity contribution in [2.75, 3.05) is 39.3 Å². The van der Waals surface area contributed by atoms with Crippen LogP contribution in [0, 0.1) is 0 Å². The minimum atomic E-state index is -0.820. The van der Waals surface area contributed by atoms with E-state index in [0.29, 0.717) is 19.6 Å². The molecule has 120 valence electrons. The summed E-state index contributed by atoms with van der Waals surface area (Å²) >= 11 is 0. The monoisotopic (exact) mass is 299 g/mol. The van der Waals surface area contributed by atoms with Gasteiger partial charge < -0.3 is 20.1 Å². The van der Waals surface area contributed by atoms with E-state index in [1.807, 2.05) is 11.8 Å². The van der Waals surface area contributed by atoms with Crippen molar-refractivity contribution in [3.63, 3.8) is 0 Å². The van der Waals surface area contributed by atoms with Crippen LogP contribution in [0.3, 0.4) is 0 Å². The van der Waals surface area contributed by atoms with E-state index in [2.05, 4.69) is 5.32 Å². The van der Waals surface area contributed by atoms with Crippen LogP contribution >= 0.6 is 0 Å². The molecule has 0 saturated carbocycles. The molecular weight excluding hydrogens is 274 g/mol. The van der Waals surface area contributed by atoms with Crippen LogP contribution in [0.4, 0.5) is 4.79 Å². The summed E-state index contributed by atoms with van der Waals surface area (Å²) in [4.78, 5) is 26.7. The first-order valence-electron chi connectivity index (χ1n) is 7.67. The summed E-state index contributed by atoms with van der Waals surface area (Å²) in [5.74, 6) is -0.820. The Labute approximate surface area is 125 Å². The van der Waals surface area contributed by atoms with Gasteiger partial charge in [-0.3, -0.25) is 9.69 Å². The Morgan fingerprint density at radius 2 is 2.10 bits per heavy atom. The number of urea groups is 1. The standard InChI is InChI=1S/C14H25N3O4/c1-11(12-4-2-9-21-12)15-14(20)17-6-3-5-16(7-8-17)10-13(18)19/h11-12H,2-10H2,1H3,(H,15,20)(H,18,19). The van der Waals surface area contributed by atoms with Gasteiger partial charge in [-0.1, -0.05) is 0 Å².